The Kier molecular flexibility index (Phi) is 7.66. The number of hydrogen-bond donors (Lipinski definition) is 1. The van der Waals surface area contributed by atoms with Gasteiger partial charge in [0.25, 0.3) is 0 Å². The quantitative estimate of drug-likeness (QED) is 0.809. The number of nitrogens with zero attached hydrogens (tertiary/aromatic N) is 1. The summed E-state index contributed by atoms with van der Waals surface area (Å²) >= 11 is 1.90. The van der Waals surface area contributed by atoms with Gasteiger partial charge in [-0.2, -0.15) is 11.8 Å². The van der Waals surface area contributed by atoms with Crippen molar-refractivity contribution in [3.8, 4) is 11.8 Å². The van der Waals surface area contributed by atoms with Gasteiger partial charge in [-0.25, -0.2) is 0 Å². The van der Waals surface area contributed by atoms with Gasteiger partial charge in [0.15, 0.2) is 0 Å². The van der Waals surface area contributed by atoms with Crippen molar-refractivity contribution in [1.29, 1.82) is 0 Å². The molecule has 0 aliphatic rings. The predicted octanol–water partition coefficient (Wildman–Crippen LogP) is 2.60. The molecule has 0 aliphatic heterocycles. The number of aliphatic hydroxyl groups is 1. The fourth-order valence-electron chi connectivity index (χ4n) is 2.00. The summed E-state index contributed by atoms with van der Waals surface area (Å²) < 4.78 is 0. The van der Waals surface area contributed by atoms with Crippen LogP contribution in [0.3, 0.4) is 0 Å². The van der Waals surface area contributed by atoms with Gasteiger partial charge < -0.3 is 5.11 Å². The molecule has 1 aromatic carbocycles. The van der Waals surface area contributed by atoms with Gasteiger partial charge in [-0.1, -0.05) is 30.9 Å². The van der Waals surface area contributed by atoms with Gasteiger partial charge >= 0.3 is 0 Å². The highest BCUT2D eigenvalue weighted by molar-refractivity contribution is 7.98. The van der Waals surface area contributed by atoms with Crippen molar-refractivity contribution in [2.24, 2.45) is 0 Å². The van der Waals surface area contributed by atoms with Crippen LogP contribution in [0.1, 0.15) is 24.5 Å². The Morgan fingerprint density at radius 1 is 1.32 bits per heavy atom. The third-order valence-electron chi connectivity index (χ3n) is 3.15. The Labute approximate surface area is 121 Å². The van der Waals surface area contributed by atoms with Crippen molar-refractivity contribution in [3.05, 3.63) is 35.4 Å². The average molecular weight is 277 g/mol. The second-order valence-electron chi connectivity index (χ2n) is 4.59. The topological polar surface area (TPSA) is 23.5 Å². The molecule has 0 aliphatic carbocycles. The lowest BCUT2D eigenvalue weighted by molar-refractivity contribution is 0.248. The van der Waals surface area contributed by atoms with E-state index in [0.29, 0.717) is 6.04 Å². The van der Waals surface area contributed by atoms with Crippen molar-refractivity contribution in [2.45, 2.75) is 25.9 Å². The maximum Gasteiger partial charge on any atom is 0.104 e. The van der Waals surface area contributed by atoms with Crippen LogP contribution in [0.2, 0.25) is 0 Å². The van der Waals surface area contributed by atoms with Crippen molar-refractivity contribution < 1.29 is 5.11 Å². The number of aliphatic hydroxyl groups excluding tert-OH is 1. The monoisotopic (exact) mass is 277 g/mol. The third kappa shape index (κ3) is 5.69. The van der Waals surface area contributed by atoms with E-state index in [1.165, 1.54) is 17.7 Å². The lowest BCUT2D eigenvalue weighted by atomic mass is 10.1. The molecule has 0 fully saturated rings. The molecule has 1 N–H and O–H groups in total. The van der Waals surface area contributed by atoms with Crippen molar-refractivity contribution in [1.82, 2.24) is 4.90 Å². The maximum atomic E-state index is 8.66. The second kappa shape index (κ2) is 9.03. The maximum absolute atomic E-state index is 8.66. The molecule has 3 heteroatoms. The molecule has 0 spiro atoms. The molecule has 19 heavy (non-hydrogen) atoms. The molecule has 1 unspecified atom stereocenters. The molecule has 0 aromatic heterocycles. The number of rotatable bonds is 6. The van der Waals surface area contributed by atoms with Gasteiger partial charge in [-0.05, 0) is 37.4 Å². The molecule has 2 nitrogen and oxygen atoms in total. The smallest absolute Gasteiger partial charge is 0.104 e. The Hall–Kier alpha value is -0.950. The van der Waals surface area contributed by atoms with Crippen molar-refractivity contribution in [3.63, 3.8) is 0 Å². The van der Waals surface area contributed by atoms with Crippen LogP contribution < -0.4 is 0 Å². The fraction of sp³-hybridized carbons (Fsp3) is 0.500. The minimum atomic E-state index is -0.0860. The average Bonchev–Trinajstić information content (AvgIpc) is 2.43. The van der Waals surface area contributed by atoms with E-state index in [9.17, 15) is 0 Å². The van der Waals surface area contributed by atoms with Crippen LogP contribution in [0.15, 0.2) is 24.3 Å². The van der Waals surface area contributed by atoms with Gasteiger partial charge in [0.2, 0.25) is 0 Å². The SMILES string of the molecule is CCC(CSC)N(C)Cc1ccc(C#CCO)cc1. The zero-order chi connectivity index (χ0) is 14.1. The summed E-state index contributed by atoms with van der Waals surface area (Å²) in [6.07, 6.45) is 3.34. The predicted molar refractivity (Wildman–Crippen MR) is 84.3 cm³/mol. The van der Waals surface area contributed by atoms with E-state index in [-0.39, 0.29) is 6.61 Å². The first-order valence-corrected chi connectivity index (χ1v) is 7.98. The van der Waals surface area contributed by atoms with E-state index < -0.39 is 0 Å². The standard InChI is InChI=1S/C16H23NOS/c1-4-16(13-19-3)17(2)12-15-9-7-14(8-10-15)6-5-11-18/h7-10,16,18H,4,11-13H2,1-3H3. The molecular weight excluding hydrogens is 254 g/mol. The summed E-state index contributed by atoms with van der Waals surface area (Å²) in [5, 5.41) is 8.66. The Morgan fingerprint density at radius 3 is 2.53 bits per heavy atom. The Morgan fingerprint density at radius 2 is 2.00 bits per heavy atom. The molecule has 1 aromatic rings. The molecule has 0 saturated carbocycles. The lowest BCUT2D eigenvalue weighted by Gasteiger charge is -2.26. The van der Waals surface area contributed by atoms with Gasteiger partial charge in [-0.15, -0.1) is 0 Å². The van der Waals surface area contributed by atoms with Crippen LogP contribution in [0.25, 0.3) is 0 Å². The summed E-state index contributed by atoms with van der Waals surface area (Å²) in [5.41, 5.74) is 2.26. The summed E-state index contributed by atoms with van der Waals surface area (Å²) in [5.74, 6) is 6.75. The summed E-state index contributed by atoms with van der Waals surface area (Å²) in [6, 6.07) is 8.89. The van der Waals surface area contributed by atoms with E-state index in [2.05, 4.69) is 49.1 Å². The van der Waals surface area contributed by atoms with Gasteiger partial charge in [0, 0.05) is 23.9 Å². The molecule has 1 atom stereocenters. The molecule has 0 heterocycles. The lowest BCUT2D eigenvalue weighted by Crippen LogP contribution is -2.32. The highest BCUT2D eigenvalue weighted by Gasteiger charge is 2.11. The molecule has 104 valence electrons. The van der Waals surface area contributed by atoms with Gasteiger partial charge in [0.1, 0.15) is 6.61 Å². The van der Waals surface area contributed by atoms with E-state index in [1.54, 1.807) is 0 Å². The highest BCUT2D eigenvalue weighted by Crippen LogP contribution is 2.13. The summed E-state index contributed by atoms with van der Waals surface area (Å²) in [4.78, 5) is 2.41. The van der Waals surface area contributed by atoms with Crippen molar-refractivity contribution in [2.75, 3.05) is 25.7 Å². The summed E-state index contributed by atoms with van der Waals surface area (Å²) in [7, 11) is 2.18. The van der Waals surface area contributed by atoms with Gasteiger partial charge in [0.05, 0.1) is 0 Å². The van der Waals surface area contributed by atoms with E-state index in [4.69, 9.17) is 5.11 Å². The fourth-order valence-corrected chi connectivity index (χ4v) is 2.88. The molecule has 0 radical (unpaired) electrons. The first kappa shape index (κ1) is 16.1. The van der Waals surface area contributed by atoms with E-state index in [1.807, 2.05) is 23.9 Å². The first-order valence-electron chi connectivity index (χ1n) is 6.59. The third-order valence-corrected chi connectivity index (χ3v) is 3.87. The van der Waals surface area contributed by atoms with E-state index in [0.717, 1.165) is 12.1 Å². The molecular formula is C16H23NOS. The molecule has 0 bridgehead atoms. The minimum Gasteiger partial charge on any atom is -0.384 e. The highest BCUT2D eigenvalue weighted by atomic mass is 32.2. The normalized spacial score (nSPS) is 12.1. The molecule has 1 rings (SSSR count). The zero-order valence-electron chi connectivity index (χ0n) is 12.0. The zero-order valence-corrected chi connectivity index (χ0v) is 12.8. The first-order chi connectivity index (χ1) is 9.21. The minimum absolute atomic E-state index is 0.0860. The van der Waals surface area contributed by atoms with Crippen LogP contribution in [0.4, 0.5) is 0 Å². The largest absolute Gasteiger partial charge is 0.384 e. The van der Waals surface area contributed by atoms with Crippen LogP contribution in [0, 0.1) is 11.8 Å². The number of thioether (sulfide) groups is 1. The number of benzene rings is 1. The van der Waals surface area contributed by atoms with E-state index >= 15 is 0 Å². The molecule has 0 amide bonds. The van der Waals surface area contributed by atoms with Crippen LogP contribution in [0.5, 0.6) is 0 Å². The molecule has 0 saturated heterocycles. The Balaban J connectivity index is 2.61. The van der Waals surface area contributed by atoms with Crippen LogP contribution >= 0.6 is 11.8 Å². The van der Waals surface area contributed by atoms with Crippen LogP contribution in [-0.4, -0.2) is 41.7 Å². The number of hydrogen-bond acceptors (Lipinski definition) is 3. The van der Waals surface area contributed by atoms with Crippen molar-refractivity contribution >= 4 is 11.8 Å². The van der Waals surface area contributed by atoms with Crippen LogP contribution in [-0.2, 0) is 6.54 Å². The second-order valence-corrected chi connectivity index (χ2v) is 5.50. The summed E-state index contributed by atoms with van der Waals surface area (Å²) in [6.45, 7) is 3.12. The Bertz CT molecular complexity index is 419. The van der Waals surface area contributed by atoms with Gasteiger partial charge in [-0.3, -0.25) is 4.90 Å².